The van der Waals surface area contributed by atoms with E-state index in [9.17, 15) is 9.59 Å². The van der Waals surface area contributed by atoms with Crippen LogP contribution in [-0.4, -0.2) is 28.7 Å². The molecule has 0 spiro atoms. The van der Waals surface area contributed by atoms with Crippen LogP contribution in [0.25, 0.3) is 0 Å². The highest BCUT2D eigenvalue weighted by atomic mass is 16.5. The van der Waals surface area contributed by atoms with Crippen molar-refractivity contribution in [2.24, 2.45) is 0 Å². The number of esters is 1. The monoisotopic (exact) mass is 376 g/mol. The standard InChI is InChI=1S/C21H20N4O3/c1-2-28-21(27)16-10-6-7-11-17(16)23-20(26)18-12-13-19(25-24-18)22-14-15-8-4-3-5-9-15/h3-13H,2,14H2,1H3,(H,22,25)(H,23,26). The Kier molecular flexibility index (Phi) is 6.30. The van der Waals surface area contributed by atoms with Crippen molar-refractivity contribution in [2.75, 3.05) is 17.2 Å². The molecule has 2 N–H and O–H groups in total. The number of carbonyl (C=O) groups excluding carboxylic acids is 2. The molecule has 0 aliphatic rings. The summed E-state index contributed by atoms with van der Waals surface area (Å²) in [7, 11) is 0. The first-order valence-electron chi connectivity index (χ1n) is 8.86. The van der Waals surface area contributed by atoms with Crippen LogP contribution in [0.2, 0.25) is 0 Å². The van der Waals surface area contributed by atoms with Gasteiger partial charge in [-0.15, -0.1) is 10.2 Å². The highest BCUT2D eigenvalue weighted by molar-refractivity contribution is 6.07. The second-order valence-corrected chi connectivity index (χ2v) is 5.86. The van der Waals surface area contributed by atoms with Gasteiger partial charge in [-0.3, -0.25) is 4.79 Å². The van der Waals surface area contributed by atoms with Gasteiger partial charge >= 0.3 is 5.97 Å². The maximum Gasteiger partial charge on any atom is 0.340 e. The van der Waals surface area contributed by atoms with Gasteiger partial charge in [0.2, 0.25) is 0 Å². The van der Waals surface area contributed by atoms with Crippen molar-refractivity contribution in [1.82, 2.24) is 10.2 Å². The summed E-state index contributed by atoms with van der Waals surface area (Å²) in [6.07, 6.45) is 0. The number of para-hydroxylation sites is 1. The Labute approximate surface area is 162 Å². The molecular weight excluding hydrogens is 356 g/mol. The lowest BCUT2D eigenvalue weighted by molar-refractivity contribution is 0.0527. The van der Waals surface area contributed by atoms with E-state index in [0.29, 0.717) is 18.1 Å². The number of ether oxygens (including phenoxy) is 1. The summed E-state index contributed by atoms with van der Waals surface area (Å²) >= 11 is 0. The molecule has 0 saturated heterocycles. The molecule has 0 aliphatic carbocycles. The highest BCUT2D eigenvalue weighted by Crippen LogP contribution is 2.17. The predicted molar refractivity (Wildman–Crippen MR) is 106 cm³/mol. The van der Waals surface area contributed by atoms with E-state index in [1.54, 1.807) is 43.3 Å². The van der Waals surface area contributed by atoms with Crippen LogP contribution in [0, 0.1) is 0 Å². The van der Waals surface area contributed by atoms with Crippen molar-refractivity contribution in [2.45, 2.75) is 13.5 Å². The SMILES string of the molecule is CCOC(=O)c1ccccc1NC(=O)c1ccc(NCc2ccccc2)nn1. The minimum absolute atomic E-state index is 0.143. The first-order valence-corrected chi connectivity index (χ1v) is 8.86. The highest BCUT2D eigenvalue weighted by Gasteiger charge is 2.15. The number of aromatic nitrogens is 2. The van der Waals surface area contributed by atoms with Crippen molar-refractivity contribution < 1.29 is 14.3 Å². The Hall–Kier alpha value is -3.74. The maximum atomic E-state index is 12.5. The molecule has 3 aromatic rings. The van der Waals surface area contributed by atoms with Gasteiger partial charge in [-0.05, 0) is 36.8 Å². The van der Waals surface area contributed by atoms with Crippen molar-refractivity contribution >= 4 is 23.4 Å². The molecule has 1 amide bonds. The molecule has 0 aliphatic heterocycles. The van der Waals surface area contributed by atoms with E-state index in [2.05, 4.69) is 20.8 Å². The summed E-state index contributed by atoms with van der Waals surface area (Å²) in [6, 6.07) is 19.8. The molecule has 2 aromatic carbocycles. The molecule has 0 unspecified atom stereocenters. The number of carbonyl (C=O) groups is 2. The van der Waals surface area contributed by atoms with Crippen LogP contribution < -0.4 is 10.6 Å². The second-order valence-electron chi connectivity index (χ2n) is 5.86. The predicted octanol–water partition coefficient (Wildman–Crippen LogP) is 3.52. The van der Waals surface area contributed by atoms with Gasteiger partial charge in [-0.1, -0.05) is 42.5 Å². The summed E-state index contributed by atoms with van der Waals surface area (Å²) in [5.41, 5.74) is 1.90. The van der Waals surface area contributed by atoms with Crippen molar-refractivity contribution in [3.8, 4) is 0 Å². The minimum Gasteiger partial charge on any atom is -0.462 e. The molecule has 7 nitrogen and oxygen atoms in total. The third-order valence-electron chi connectivity index (χ3n) is 3.88. The smallest absolute Gasteiger partial charge is 0.340 e. The van der Waals surface area contributed by atoms with Crippen molar-refractivity contribution in [3.05, 3.63) is 83.6 Å². The normalized spacial score (nSPS) is 10.2. The van der Waals surface area contributed by atoms with E-state index in [1.165, 1.54) is 0 Å². The van der Waals surface area contributed by atoms with E-state index in [4.69, 9.17) is 4.74 Å². The average Bonchev–Trinajstić information content (AvgIpc) is 2.74. The van der Waals surface area contributed by atoms with Gasteiger partial charge in [-0.2, -0.15) is 0 Å². The lowest BCUT2D eigenvalue weighted by Crippen LogP contribution is -2.17. The van der Waals surface area contributed by atoms with Gasteiger partial charge in [-0.25, -0.2) is 4.79 Å². The van der Waals surface area contributed by atoms with Crippen molar-refractivity contribution in [3.63, 3.8) is 0 Å². The molecule has 1 aromatic heterocycles. The number of nitrogens with zero attached hydrogens (tertiary/aromatic N) is 2. The van der Waals surface area contributed by atoms with Crippen LogP contribution in [0.5, 0.6) is 0 Å². The van der Waals surface area contributed by atoms with Gasteiger partial charge in [0.15, 0.2) is 5.69 Å². The van der Waals surface area contributed by atoms with Crippen LogP contribution >= 0.6 is 0 Å². The van der Waals surface area contributed by atoms with Crippen LogP contribution in [0.15, 0.2) is 66.7 Å². The number of anilines is 2. The molecule has 1 heterocycles. The second kappa shape index (κ2) is 9.27. The Morgan fingerprint density at radius 3 is 2.39 bits per heavy atom. The number of nitrogens with one attached hydrogen (secondary N) is 2. The van der Waals surface area contributed by atoms with Gasteiger partial charge in [0.05, 0.1) is 17.9 Å². The minimum atomic E-state index is -0.495. The van der Waals surface area contributed by atoms with Crippen LogP contribution in [0.4, 0.5) is 11.5 Å². The fourth-order valence-electron chi connectivity index (χ4n) is 2.50. The van der Waals surface area contributed by atoms with Gasteiger partial charge in [0.1, 0.15) is 5.82 Å². The molecule has 0 radical (unpaired) electrons. The molecule has 7 heteroatoms. The van der Waals surface area contributed by atoms with E-state index in [0.717, 1.165) is 5.56 Å². The number of benzene rings is 2. The van der Waals surface area contributed by atoms with Gasteiger partial charge in [0, 0.05) is 6.54 Å². The first kappa shape index (κ1) is 19.0. The number of hydrogen-bond donors (Lipinski definition) is 2. The topological polar surface area (TPSA) is 93.2 Å². The zero-order valence-corrected chi connectivity index (χ0v) is 15.4. The van der Waals surface area contributed by atoms with Crippen molar-refractivity contribution in [1.29, 1.82) is 0 Å². The average molecular weight is 376 g/mol. The summed E-state index contributed by atoms with van der Waals surface area (Å²) in [5, 5.41) is 13.8. The largest absolute Gasteiger partial charge is 0.462 e. The summed E-state index contributed by atoms with van der Waals surface area (Å²) < 4.78 is 5.01. The lowest BCUT2D eigenvalue weighted by Gasteiger charge is -2.10. The van der Waals surface area contributed by atoms with E-state index < -0.39 is 11.9 Å². The lowest BCUT2D eigenvalue weighted by atomic mass is 10.1. The molecular formula is C21H20N4O3. The Bertz CT molecular complexity index is 943. The zero-order valence-electron chi connectivity index (χ0n) is 15.4. The van der Waals surface area contributed by atoms with Crippen LogP contribution in [0.3, 0.4) is 0 Å². The fraction of sp³-hybridized carbons (Fsp3) is 0.143. The first-order chi connectivity index (χ1) is 13.7. The Balaban J connectivity index is 1.65. The number of hydrogen-bond acceptors (Lipinski definition) is 6. The third-order valence-corrected chi connectivity index (χ3v) is 3.88. The summed E-state index contributed by atoms with van der Waals surface area (Å²) in [6.45, 7) is 2.58. The number of amides is 1. The number of rotatable bonds is 7. The molecule has 0 fully saturated rings. The summed E-state index contributed by atoms with van der Waals surface area (Å²) in [4.78, 5) is 24.5. The van der Waals surface area contributed by atoms with Crippen LogP contribution in [-0.2, 0) is 11.3 Å². The fourth-order valence-corrected chi connectivity index (χ4v) is 2.50. The Morgan fingerprint density at radius 2 is 1.68 bits per heavy atom. The van der Waals surface area contributed by atoms with Gasteiger partial charge in [0.25, 0.3) is 5.91 Å². The third kappa shape index (κ3) is 4.91. The molecule has 0 bridgehead atoms. The van der Waals surface area contributed by atoms with E-state index >= 15 is 0 Å². The molecule has 0 saturated carbocycles. The maximum absolute atomic E-state index is 12.5. The zero-order chi connectivity index (χ0) is 19.8. The Morgan fingerprint density at radius 1 is 0.929 bits per heavy atom. The quantitative estimate of drug-likeness (QED) is 0.613. The molecule has 142 valence electrons. The van der Waals surface area contributed by atoms with E-state index in [1.807, 2.05) is 30.3 Å². The summed E-state index contributed by atoms with van der Waals surface area (Å²) in [5.74, 6) is -0.392. The van der Waals surface area contributed by atoms with E-state index in [-0.39, 0.29) is 17.9 Å². The van der Waals surface area contributed by atoms with Gasteiger partial charge < -0.3 is 15.4 Å². The van der Waals surface area contributed by atoms with Crippen LogP contribution in [0.1, 0.15) is 33.3 Å². The molecule has 0 atom stereocenters. The molecule has 28 heavy (non-hydrogen) atoms. The molecule has 3 rings (SSSR count).